The fourth-order valence-corrected chi connectivity index (χ4v) is 5.72. The molecule has 1 aromatic rings. The predicted octanol–water partition coefficient (Wildman–Crippen LogP) is 5.07. The van der Waals surface area contributed by atoms with Crippen molar-refractivity contribution in [1.29, 1.82) is 0 Å². The first-order valence-electron chi connectivity index (χ1n) is 13.5. The predicted molar refractivity (Wildman–Crippen MR) is 143 cm³/mol. The van der Waals surface area contributed by atoms with E-state index < -0.39 is 24.2 Å². The smallest absolute Gasteiger partial charge is 0.407 e. The van der Waals surface area contributed by atoms with Crippen LogP contribution in [0.15, 0.2) is 18.2 Å². The molecule has 2 aliphatic rings. The summed E-state index contributed by atoms with van der Waals surface area (Å²) in [6.07, 6.45) is 2.63. The molecule has 1 saturated heterocycles. The van der Waals surface area contributed by atoms with Gasteiger partial charge in [-0.05, 0) is 64.0 Å². The number of carboxylic acid groups (broad SMARTS) is 1. The van der Waals surface area contributed by atoms with Crippen LogP contribution in [0.2, 0.25) is 5.02 Å². The molecule has 1 heterocycles. The summed E-state index contributed by atoms with van der Waals surface area (Å²) in [6, 6.07) is 4.51. The van der Waals surface area contributed by atoms with Gasteiger partial charge >= 0.3 is 12.1 Å². The van der Waals surface area contributed by atoms with Crippen LogP contribution in [0.1, 0.15) is 56.6 Å². The third-order valence-corrected chi connectivity index (χ3v) is 7.98. The molecule has 0 unspecified atom stereocenters. The number of benzene rings is 1. The second-order valence-electron chi connectivity index (χ2n) is 10.5. The highest BCUT2D eigenvalue weighted by atomic mass is 35.5. The van der Waals surface area contributed by atoms with Crippen molar-refractivity contribution in [3.05, 3.63) is 34.6 Å². The zero-order valence-corrected chi connectivity index (χ0v) is 23.1. The third-order valence-electron chi connectivity index (χ3n) is 7.68. The number of nitrogens with one attached hydrogen (secondary N) is 2. The minimum atomic E-state index is -1.08. The number of hydrogen-bond donors (Lipinski definition) is 3. The van der Waals surface area contributed by atoms with Crippen LogP contribution in [0, 0.1) is 17.7 Å². The maximum Gasteiger partial charge on any atom is 0.407 e. The van der Waals surface area contributed by atoms with Crippen molar-refractivity contribution in [3.63, 3.8) is 0 Å². The summed E-state index contributed by atoms with van der Waals surface area (Å²) in [5, 5.41) is 15.4. The Balaban J connectivity index is 1.67. The number of hydrogen-bond acceptors (Lipinski definition) is 4. The fourth-order valence-electron chi connectivity index (χ4n) is 5.54. The summed E-state index contributed by atoms with van der Waals surface area (Å²) in [5.74, 6) is -0.369. The van der Waals surface area contributed by atoms with Gasteiger partial charge < -0.3 is 30.3 Å². The van der Waals surface area contributed by atoms with Crippen molar-refractivity contribution in [2.45, 2.75) is 63.3 Å². The van der Waals surface area contributed by atoms with Gasteiger partial charge in [0.25, 0.3) is 0 Å². The highest BCUT2D eigenvalue weighted by Crippen LogP contribution is 2.36. The maximum atomic E-state index is 15.0. The second kappa shape index (κ2) is 14.8. The Kier molecular flexibility index (Phi) is 11.9. The van der Waals surface area contributed by atoms with Crippen LogP contribution in [0.5, 0.6) is 0 Å². The standard InChI is InChI=1S/C27H41ClF2N4O4/c1-31-16-21(15-18-8-10-20(29)11-9-18)32-26(35)34-12-4-5-19(17-34)25(38-14-13-33(2)27(36)37)22-6-3-7-23(28)24(22)30/h3,6-7,18-21,25,31H,4-5,8-17H2,1-2H3,(H,32,35)(H,36,37)/t18?,19-,20?,21+,25-/m1/s1. The number of alkyl halides is 1. The Bertz CT molecular complexity index is 919. The van der Waals surface area contributed by atoms with Gasteiger partial charge in [-0.3, -0.25) is 0 Å². The van der Waals surface area contributed by atoms with Crippen LogP contribution in [-0.4, -0.2) is 86.1 Å². The van der Waals surface area contributed by atoms with Crippen molar-refractivity contribution >= 4 is 23.7 Å². The summed E-state index contributed by atoms with van der Waals surface area (Å²) in [6.45, 7) is 1.77. The van der Waals surface area contributed by atoms with Crippen molar-refractivity contribution in [2.75, 3.05) is 46.9 Å². The number of urea groups is 1. The van der Waals surface area contributed by atoms with Crippen LogP contribution < -0.4 is 10.6 Å². The van der Waals surface area contributed by atoms with E-state index in [0.717, 1.165) is 37.0 Å². The van der Waals surface area contributed by atoms with Gasteiger partial charge in [-0.1, -0.05) is 23.7 Å². The Morgan fingerprint density at radius 3 is 2.68 bits per heavy atom. The number of halogens is 3. The summed E-state index contributed by atoms with van der Waals surface area (Å²) in [5.41, 5.74) is 0.305. The van der Waals surface area contributed by atoms with Crippen molar-refractivity contribution in [2.24, 2.45) is 11.8 Å². The van der Waals surface area contributed by atoms with Gasteiger partial charge in [0.2, 0.25) is 0 Å². The molecular weight excluding hydrogens is 518 g/mol. The number of carbonyl (C=O) groups excluding carboxylic acids is 1. The molecule has 11 heteroatoms. The van der Waals surface area contributed by atoms with Gasteiger partial charge in [0, 0.05) is 50.7 Å². The van der Waals surface area contributed by atoms with E-state index in [0.29, 0.717) is 44.0 Å². The number of piperidine rings is 1. The van der Waals surface area contributed by atoms with Gasteiger partial charge in [0.15, 0.2) is 0 Å². The highest BCUT2D eigenvalue weighted by molar-refractivity contribution is 6.30. The van der Waals surface area contributed by atoms with Crippen LogP contribution >= 0.6 is 11.6 Å². The number of likely N-dealkylation sites (tertiary alicyclic amines) is 1. The molecule has 214 valence electrons. The Hall–Kier alpha value is -2.17. The quantitative estimate of drug-likeness (QED) is 0.352. The van der Waals surface area contributed by atoms with Crippen LogP contribution in [0.3, 0.4) is 0 Å². The molecule has 3 rings (SSSR count). The molecular formula is C27H41ClF2N4O4. The van der Waals surface area contributed by atoms with Gasteiger partial charge in [-0.2, -0.15) is 0 Å². The van der Waals surface area contributed by atoms with Crippen molar-refractivity contribution in [1.82, 2.24) is 20.4 Å². The molecule has 0 aromatic heterocycles. The lowest BCUT2D eigenvalue weighted by Crippen LogP contribution is -2.52. The van der Waals surface area contributed by atoms with Gasteiger partial charge in [-0.25, -0.2) is 18.4 Å². The molecule has 3 N–H and O–H groups in total. The molecule has 0 bridgehead atoms. The van der Waals surface area contributed by atoms with E-state index in [1.54, 1.807) is 17.0 Å². The molecule has 0 radical (unpaired) electrons. The zero-order valence-electron chi connectivity index (χ0n) is 22.3. The van der Waals surface area contributed by atoms with E-state index in [1.807, 2.05) is 7.05 Å². The summed E-state index contributed by atoms with van der Waals surface area (Å²) >= 11 is 6.06. The Morgan fingerprint density at radius 2 is 2.00 bits per heavy atom. The molecule has 2 fully saturated rings. The highest BCUT2D eigenvalue weighted by Gasteiger charge is 2.34. The average molecular weight is 559 g/mol. The fraction of sp³-hybridized carbons (Fsp3) is 0.704. The van der Waals surface area contributed by atoms with Crippen LogP contribution in [-0.2, 0) is 4.74 Å². The second-order valence-corrected chi connectivity index (χ2v) is 11.0. The van der Waals surface area contributed by atoms with E-state index in [9.17, 15) is 14.0 Å². The average Bonchev–Trinajstić information content (AvgIpc) is 2.90. The minimum Gasteiger partial charge on any atom is -0.465 e. The molecule has 1 saturated carbocycles. The van der Waals surface area contributed by atoms with E-state index in [1.165, 1.54) is 13.1 Å². The lowest BCUT2D eigenvalue weighted by atomic mass is 9.84. The lowest BCUT2D eigenvalue weighted by Gasteiger charge is -2.38. The number of nitrogens with zero attached hydrogens (tertiary/aromatic N) is 2. The van der Waals surface area contributed by atoms with Gasteiger partial charge in [0.05, 0.1) is 17.7 Å². The molecule has 1 aliphatic carbocycles. The first kappa shape index (κ1) is 30.4. The lowest BCUT2D eigenvalue weighted by molar-refractivity contribution is -0.0173. The number of likely N-dealkylation sites (N-methyl/N-ethyl adjacent to an activating group) is 2. The van der Waals surface area contributed by atoms with Crippen LogP contribution in [0.25, 0.3) is 0 Å². The molecule has 38 heavy (non-hydrogen) atoms. The number of rotatable bonds is 11. The Morgan fingerprint density at radius 1 is 1.26 bits per heavy atom. The maximum absolute atomic E-state index is 15.0. The molecule has 1 aromatic carbocycles. The van der Waals surface area contributed by atoms with Gasteiger partial charge in [-0.15, -0.1) is 0 Å². The Labute approximate surface area is 229 Å². The number of carbonyl (C=O) groups is 2. The topological polar surface area (TPSA) is 94.1 Å². The number of ether oxygens (including phenoxy) is 1. The summed E-state index contributed by atoms with van der Waals surface area (Å²) in [4.78, 5) is 27.3. The van der Waals surface area contributed by atoms with E-state index in [4.69, 9.17) is 21.4 Å². The van der Waals surface area contributed by atoms with Crippen LogP contribution in [0.4, 0.5) is 18.4 Å². The third kappa shape index (κ3) is 8.68. The number of amides is 3. The van der Waals surface area contributed by atoms with Gasteiger partial charge in [0.1, 0.15) is 12.0 Å². The zero-order chi connectivity index (χ0) is 27.7. The first-order valence-corrected chi connectivity index (χ1v) is 13.9. The van der Waals surface area contributed by atoms with E-state index in [2.05, 4.69) is 10.6 Å². The first-order chi connectivity index (χ1) is 18.2. The largest absolute Gasteiger partial charge is 0.465 e. The molecule has 1 aliphatic heterocycles. The van der Waals surface area contributed by atoms with Crippen molar-refractivity contribution in [3.8, 4) is 0 Å². The summed E-state index contributed by atoms with van der Waals surface area (Å²) < 4.78 is 34.7. The minimum absolute atomic E-state index is 0.0131. The molecule has 8 nitrogen and oxygen atoms in total. The molecule has 3 atom stereocenters. The van der Waals surface area contributed by atoms with E-state index in [-0.39, 0.29) is 36.2 Å². The van der Waals surface area contributed by atoms with E-state index >= 15 is 4.39 Å². The molecule has 3 amide bonds. The molecule has 0 spiro atoms. The van der Waals surface area contributed by atoms with Crippen molar-refractivity contribution < 1.29 is 28.2 Å². The summed E-state index contributed by atoms with van der Waals surface area (Å²) in [7, 11) is 3.29. The SMILES string of the molecule is CNC[C@H](CC1CCC(F)CC1)NC(=O)N1CCC[C@@H]([C@@H](OCCN(C)C(=O)O)c2cccc(Cl)c2F)C1. The normalized spacial score (nSPS) is 23.5. The monoisotopic (exact) mass is 558 g/mol.